The van der Waals surface area contributed by atoms with E-state index < -0.39 is 0 Å². The zero-order valence-electron chi connectivity index (χ0n) is 15.8. The molecule has 0 aliphatic carbocycles. The maximum absolute atomic E-state index is 12.6. The van der Waals surface area contributed by atoms with E-state index in [2.05, 4.69) is 0 Å². The van der Waals surface area contributed by atoms with Gasteiger partial charge in [-0.3, -0.25) is 4.79 Å². The van der Waals surface area contributed by atoms with Gasteiger partial charge >= 0.3 is 0 Å². The highest BCUT2D eigenvalue weighted by Crippen LogP contribution is 2.30. The number of carbonyl (C=O) groups is 1. The summed E-state index contributed by atoms with van der Waals surface area (Å²) < 4.78 is 10.6. The largest absolute Gasteiger partial charge is 0.493 e. The molecule has 1 atom stereocenters. The molecule has 5 nitrogen and oxygen atoms in total. The summed E-state index contributed by atoms with van der Waals surface area (Å²) in [6, 6.07) is 12.1. The van der Waals surface area contributed by atoms with Crippen molar-refractivity contribution in [2.45, 2.75) is 13.0 Å². The van der Waals surface area contributed by atoms with Gasteiger partial charge in [0.15, 0.2) is 18.1 Å². The second-order valence-electron chi connectivity index (χ2n) is 5.98. The van der Waals surface area contributed by atoms with Crippen molar-refractivity contribution in [1.29, 1.82) is 5.26 Å². The molecule has 2 aromatic carbocycles. The summed E-state index contributed by atoms with van der Waals surface area (Å²) >= 11 is 12.2. The summed E-state index contributed by atoms with van der Waals surface area (Å²) in [6.45, 7) is 1.82. The molecule has 0 aliphatic heterocycles. The van der Waals surface area contributed by atoms with Crippen LogP contribution in [0.2, 0.25) is 10.0 Å². The van der Waals surface area contributed by atoms with Crippen molar-refractivity contribution in [3.8, 4) is 17.6 Å². The fraction of sp³-hybridized carbons (Fsp3) is 0.238. The molecule has 1 unspecified atom stereocenters. The number of ether oxygens (including phenoxy) is 2. The Labute approximate surface area is 174 Å². The molecule has 0 fully saturated rings. The summed E-state index contributed by atoms with van der Waals surface area (Å²) in [7, 11) is 3.22. The topological polar surface area (TPSA) is 62.6 Å². The van der Waals surface area contributed by atoms with Crippen molar-refractivity contribution in [3.05, 3.63) is 63.6 Å². The SMILES string of the molecule is COc1cc(/C=C/C(=O)N(C)C(C)c2ccc(Cl)cc2Cl)ccc1OCC#N. The van der Waals surface area contributed by atoms with Crippen LogP contribution in [0.5, 0.6) is 11.5 Å². The lowest BCUT2D eigenvalue weighted by Gasteiger charge is -2.25. The van der Waals surface area contributed by atoms with E-state index in [0.717, 1.165) is 11.1 Å². The van der Waals surface area contributed by atoms with Crippen molar-refractivity contribution in [3.63, 3.8) is 0 Å². The fourth-order valence-electron chi connectivity index (χ4n) is 2.54. The second kappa shape index (κ2) is 10.0. The fourth-order valence-corrected chi connectivity index (χ4v) is 3.11. The number of hydrogen-bond donors (Lipinski definition) is 0. The molecule has 0 heterocycles. The Morgan fingerprint density at radius 1 is 1.25 bits per heavy atom. The number of methoxy groups -OCH3 is 1. The van der Waals surface area contributed by atoms with Gasteiger partial charge in [-0.15, -0.1) is 0 Å². The van der Waals surface area contributed by atoms with Gasteiger partial charge in [-0.2, -0.15) is 5.26 Å². The van der Waals surface area contributed by atoms with Gasteiger partial charge in [-0.05, 0) is 48.4 Å². The molecule has 0 aromatic heterocycles. The molecule has 0 bridgehead atoms. The first-order chi connectivity index (χ1) is 13.4. The van der Waals surface area contributed by atoms with Crippen LogP contribution in [-0.2, 0) is 4.79 Å². The van der Waals surface area contributed by atoms with Crippen LogP contribution >= 0.6 is 23.2 Å². The van der Waals surface area contributed by atoms with Crippen LogP contribution in [0.1, 0.15) is 24.1 Å². The number of halogens is 2. The summed E-state index contributed by atoms with van der Waals surface area (Å²) in [4.78, 5) is 14.1. The van der Waals surface area contributed by atoms with Gasteiger partial charge in [0.05, 0.1) is 13.2 Å². The number of benzene rings is 2. The quantitative estimate of drug-likeness (QED) is 0.584. The number of likely N-dealkylation sites (N-methyl/N-ethyl adjacent to an activating group) is 1. The molecule has 0 radical (unpaired) electrons. The molecule has 2 rings (SSSR count). The average molecular weight is 419 g/mol. The molecular weight excluding hydrogens is 399 g/mol. The minimum Gasteiger partial charge on any atom is -0.493 e. The minimum atomic E-state index is -0.224. The maximum atomic E-state index is 12.6. The Morgan fingerprint density at radius 3 is 2.64 bits per heavy atom. The van der Waals surface area contributed by atoms with E-state index in [-0.39, 0.29) is 18.6 Å². The lowest BCUT2D eigenvalue weighted by atomic mass is 10.1. The van der Waals surface area contributed by atoms with E-state index in [1.807, 2.05) is 19.1 Å². The molecule has 0 N–H and O–H groups in total. The van der Waals surface area contributed by atoms with Crippen molar-refractivity contribution in [1.82, 2.24) is 4.90 Å². The summed E-state index contributed by atoms with van der Waals surface area (Å²) in [5.74, 6) is 0.775. The highest BCUT2D eigenvalue weighted by atomic mass is 35.5. The zero-order valence-corrected chi connectivity index (χ0v) is 17.3. The summed E-state index contributed by atoms with van der Waals surface area (Å²) in [6.07, 6.45) is 3.16. The van der Waals surface area contributed by atoms with E-state index in [1.54, 1.807) is 48.4 Å². The first-order valence-electron chi connectivity index (χ1n) is 8.45. The van der Waals surface area contributed by atoms with Gasteiger partial charge in [-0.1, -0.05) is 35.3 Å². The molecular formula is C21H20Cl2N2O3. The third-order valence-electron chi connectivity index (χ3n) is 4.24. The number of nitrogens with zero attached hydrogens (tertiary/aromatic N) is 2. The van der Waals surface area contributed by atoms with Gasteiger partial charge < -0.3 is 14.4 Å². The maximum Gasteiger partial charge on any atom is 0.246 e. The van der Waals surface area contributed by atoms with Crippen LogP contribution in [0.25, 0.3) is 6.08 Å². The highest BCUT2D eigenvalue weighted by molar-refractivity contribution is 6.35. The van der Waals surface area contributed by atoms with Crippen LogP contribution < -0.4 is 9.47 Å². The number of hydrogen-bond acceptors (Lipinski definition) is 4. The van der Waals surface area contributed by atoms with E-state index >= 15 is 0 Å². The summed E-state index contributed by atoms with van der Waals surface area (Å²) in [5.41, 5.74) is 1.58. The molecule has 146 valence electrons. The Balaban J connectivity index is 2.12. The predicted molar refractivity (Wildman–Crippen MR) is 111 cm³/mol. The van der Waals surface area contributed by atoms with Crippen LogP contribution in [-0.4, -0.2) is 31.6 Å². The molecule has 0 spiro atoms. The average Bonchev–Trinajstić information content (AvgIpc) is 2.69. The molecule has 0 aliphatic rings. The number of amides is 1. The third kappa shape index (κ3) is 5.41. The van der Waals surface area contributed by atoms with Crippen LogP contribution in [0.15, 0.2) is 42.5 Å². The monoisotopic (exact) mass is 418 g/mol. The summed E-state index contributed by atoms with van der Waals surface area (Å²) in [5, 5.41) is 9.68. The van der Waals surface area contributed by atoms with Crippen LogP contribution in [0.3, 0.4) is 0 Å². The Bertz CT molecular complexity index is 922. The van der Waals surface area contributed by atoms with Gasteiger partial charge in [-0.25, -0.2) is 0 Å². The zero-order chi connectivity index (χ0) is 20.7. The Morgan fingerprint density at radius 2 is 2.00 bits per heavy atom. The van der Waals surface area contributed by atoms with Gasteiger partial charge in [0.25, 0.3) is 0 Å². The first kappa shape index (κ1) is 21.6. The number of nitriles is 1. The number of rotatable bonds is 7. The Kier molecular flexibility index (Phi) is 7.74. The van der Waals surface area contributed by atoms with Gasteiger partial charge in [0.2, 0.25) is 5.91 Å². The standard InChI is InChI=1S/C21H20Cl2N2O3/c1-14(17-7-6-16(22)13-18(17)23)25(2)21(26)9-5-15-4-8-19(28-11-10-24)20(12-15)27-3/h4-9,12-14H,11H2,1-3H3/b9-5+. The predicted octanol–water partition coefficient (Wildman–Crippen LogP) is 5.14. The van der Waals surface area contributed by atoms with Crippen molar-refractivity contribution < 1.29 is 14.3 Å². The molecule has 28 heavy (non-hydrogen) atoms. The normalized spacial score (nSPS) is 11.7. The molecule has 2 aromatic rings. The van der Waals surface area contributed by atoms with Gasteiger partial charge in [0.1, 0.15) is 6.07 Å². The van der Waals surface area contributed by atoms with Crippen molar-refractivity contribution in [2.75, 3.05) is 20.8 Å². The minimum absolute atomic E-state index is 0.0695. The van der Waals surface area contributed by atoms with Crippen molar-refractivity contribution in [2.24, 2.45) is 0 Å². The number of carbonyl (C=O) groups excluding carboxylic acids is 1. The van der Waals surface area contributed by atoms with Crippen LogP contribution in [0, 0.1) is 11.3 Å². The smallest absolute Gasteiger partial charge is 0.246 e. The van der Waals surface area contributed by atoms with E-state index in [4.69, 9.17) is 37.9 Å². The van der Waals surface area contributed by atoms with E-state index in [1.165, 1.54) is 13.2 Å². The third-order valence-corrected chi connectivity index (χ3v) is 4.80. The van der Waals surface area contributed by atoms with E-state index in [9.17, 15) is 4.79 Å². The van der Waals surface area contributed by atoms with Crippen LogP contribution in [0.4, 0.5) is 0 Å². The second-order valence-corrected chi connectivity index (χ2v) is 6.83. The molecule has 0 saturated heterocycles. The highest BCUT2D eigenvalue weighted by Gasteiger charge is 2.18. The Hall–Kier alpha value is -2.68. The molecule has 0 saturated carbocycles. The molecule has 7 heteroatoms. The molecule has 1 amide bonds. The first-order valence-corrected chi connectivity index (χ1v) is 9.20. The lowest BCUT2D eigenvalue weighted by molar-refractivity contribution is -0.126. The van der Waals surface area contributed by atoms with Gasteiger partial charge in [0, 0.05) is 23.2 Å². The van der Waals surface area contributed by atoms with E-state index in [0.29, 0.717) is 21.5 Å². The lowest BCUT2D eigenvalue weighted by Crippen LogP contribution is -2.28. The van der Waals surface area contributed by atoms with Crippen molar-refractivity contribution >= 4 is 35.2 Å².